The van der Waals surface area contributed by atoms with Gasteiger partial charge in [0.15, 0.2) is 0 Å². The minimum Gasteiger partial charge on any atom is -0.497 e. The van der Waals surface area contributed by atoms with Crippen molar-refractivity contribution >= 4 is 0 Å². The van der Waals surface area contributed by atoms with Crippen molar-refractivity contribution in [2.24, 2.45) is 0 Å². The molecule has 2 aromatic rings. The van der Waals surface area contributed by atoms with Crippen LogP contribution in [0.1, 0.15) is 50.0 Å². The molecule has 6 heteroatoms. The molecule has 3 rings (SSSR count). The molecular formula is C19H27N3O3. The van der Waals surface area contributed by atoms with Crippen LogP contribution in [0.2, 0.25) is 0 Å². The highest BCUT2D eigenvalue weighted by Gasteiger charge is 2.26. The van der Waals surface area contributed by atoms with Crippen molar-refractivity contribution in [2.75, 3.05) is 7.11 Å². The van der Waals surface area contributed by atoms with E-state index in [4.69, 9.17) is 9.15 Å². The number of hydrogen-bond acceptors (Lipinski definition) is 6. The van der Waals surface area contributed by atoms with Crippen molar-refractivity contribution in [3.63, 3.8) is 0 Å². The van der Waals surface area contributed by atoms with Crippen LogP contribution in [0.4, 0.5) is 0 Å². The van der Waals surface area contributed by atoms with Crippen LogP contribution in [-0.4, -0.2) is 39.5 Å². The zero-order valence-electron chi connectivity index (χ0n) is 15.0. The molecule has 0 radical (unpaired) electrons. The first-order valence-electron chi connectivity index (χ1n) is 9.04. The molecule has 0 amide bonds. The van der Waals surface area contributed by atoms with E-state index in [1.54, 1.807) is 7.11 Å². The number of methoxy groups -OCH3 is 1. The Morgan fingerprint density at radius 2 is 1.92 bits per heavy atom. The first kappa shape index (κ1) is 17.9. The van der Waals surface area contributed by atoms with Crippen LogP contribution in [0, 0.1) is 0 Å². The summed E-state index contributed by atoms with van der Waals surface area (Å²) in [7, 11) is 1.68. The van der Waals surface area contributed by atoms with Gasteiger partial charge in [-0.2, -0.15) is 0 Å². The highest BCUT2D eigenvalue weighted by molar-refractivity contribution is 5.28. The smallest absolute Gasteiger partial charge is 0.230 e. The van der Waals surface area contributed by atoms with Crippen LogP contribution < -0.4 is 4.74 Å². The number of aliphatic hydroxyl groups excluding tert-OH is 1. The molecule has 1 saturated carbocycles. The normalized spacial score (nSPS) is 20.8. The molecule has 1 N–H and O–H groups in total. The largest absolute Gasteiger partial charge is 0.497 e. The molecule has 1 aromatic heterocycles. The van der Waals surface area contributed by atoms with Gasteiger partial charge in [0.25, 0.3) is 0 Å². The summed E-state index contributed by atoms with van der Waals surface area (Å²) in [5.41, 5.74) is 1.20. The zero-order valence-corrected chi connectivity index (χ0v) is 15.0. The number of aromatic nitrogens is 2. The molecule has 0 atom stereocenters. The molecule has 0 aliphatic heterocycles. The minimum absolute atomic E-state index is 0.162. The fraction of sp³-hybridized carbons (Fsp3) is 0.579. The van der Waals surface area contributed by atoms with E-state index in [0.717, 1.165) is 44.4 Å². The second kappa shape index (κ2) is 8.45. The van der Waals surface area contributed by atoms with Crippen molar-refractivity contribution < 1.29 is 14.3 Å². The third kappa shape index (κ3) is 4.80. The summed E-state index contributed by atoms with van der Waals surface area (Å²) in [5.74, 6) is 2.20. The average molecular weight is 345 g/mol. The average Bonchev–Trinajstić information content (AvgIpc) is 3.10. The molecule has 0 bridgehead atoms. The standard InChI is InChI=1S/C19H27N3O3/c1-3-18-20-21-19(25-18)13-22(15-7-9-16(23)10-8-15)12-14-5-4-6-17(11-14)24-2/h4-6,11,15-16,23H,3,7-10,12-13H2,1-2H3. The molecule has 1 fully saturated rings. The molecule has 6 nitrogen and oxygen atoms in total. The Morgan fingerprint density at radius 3 is 2.60 bits per heavy atom. The maximum absolute atomic E-state index is 9.82. The van der Waals surface area contributed by atoms with Gasteiger partial charge < -0.3 is 14.3 Å². The van der Waals surface area contributed by atoms with E-state index in [-0.39, 0.29) is 6.10 Å². The van der Waals surface area contributed by atoms with E-state index in [0.29, 0.717) is 24.4 Å². The number of aliphatic hydroxyl groups is 1. The third-order valence-electron chi connectivity index (χ3n) is 4.85. The first-order chi connectivity index (χ1) is 12.2. The van der Waals surface area contributed by atoms with E-state index in [1.807, 2.05) is 19.1 Å². The van der Waals surface area contributed by atoms with Gasteiger partial charge in [-0.05, 0) is 43.4 Å². The lowest BCUT2D eigenvalue weighted by Crippen LogP contribution is -2.38. The summed E-state index contributed by atoms with van der Waals surface area (Å²) in [5, 5.41) is 18.1. The second-order valence-corrected chi connectivity index (χ2v) is 6.66. The SMILES string of the molecule is CCc1nnc(CN(Cc2cccc(OC)c2)C2CCC(O)CC2)o1. The predicted octanol–water partition coefficient (Wildman–Crippen LogP) is 2.95. The van der Waals surface area contributed by atoms with E-state index >= 15 is 0 Å². The number of nitrogens with zero attached hydrogens (tertiary/aromatic N) is 3. The number of ether oxygens (including phenoxy) is 1. The van der Waals surface area contributed by atoms with Gasteiger partial charge in [0.05, 0.1) is 19.8 Å². The number of hydrogen-bond donors (Lipinski definition) is 1. The Labute approximate surface area is 148 Å². The molecule has 1 heterocycles. The van der Waals surface area contributed by atoms with Gasteiger partial charge in [0, 0.05) is 19.0 Å². The van der Waals surface area contributed by atoms with Crippen LogP contribution in [0.15, 0.2) is 28.7 Å². The van der Waals surface area contributed by atoms with Crippen LogP contribution >= 0.6 is 0 Å². The van der Waals surface area contributed by atoms with E-state index in [2.05, 4.69) is 27.2 Å². The third-order valence-corrected chi connectivity index (χ3v) is 4.85. The molecule has 1 aliphatic carbocycles. The molecule has 1 aromatic carbocycles. The number of rotatable bonds is 7. The summed E-state index contributed by atoms with van der Waals surface area (Å²) in [6.07, 6.45) is 4.26. The van der Waals surface area contributed by atoms with Gasteiger partial charge in [-0.3, -0.25) is 4.90 Å². The second-order valence-electron chi connectivity index (χ2n) is 6.66. The first-order valence-corrected chi connectivity index (χ1v) is 9.04. The summed E-state index contributed by atoms with van der Waals surface area (Å²) in [4.78, 5) is 2.38. The fourth-order valence-electron chi connectivity index (χ4n) is 3.41. The molecule has 0 saturated heterocycles. The Hall–Kier alpha value is -1.92. The van der Waals surface area contributed by atoms with E-state index in [1.165, 1.54) is 5.56 Å². The Bertz CT molecular complexity index is 665. The summed E-state index contributed by atoms with van der Waals surface area (Å²) in [6, 6.07) is 8.55. The van der Waals surface area contributed by atoms with Gasteiger partial charge in [-0.15, -0.1) is 10.2 Å². The number of benzene rings is 1. The van der Waals surface area contributed by atoms with Crippen molar-refractivity contribution in [3.8, 4) is 5.75 Å². The number of aryl methyl sites for hydroxylation is 1. The fourth-order valence-corrected chi connectivity index (χ4v) is 3.41. The lowest BCUT2D eigenvalue weighted by Gasteiger charge is -2.35. The van der Waals surface area contributed by atoms with Gasteiger partial charge in [0.1, 0.15) is 5.75 Å². The summed E-state index contributed by atoms with van der Waals surface area (Å²) in [6.45, 7) is 3.43. The van der Waals surface area contributed by atoms with Gasteiger partial charge in [-0.25, -0.2) is 0 Å². The van der Waals surface area contributed by atoms with Crippen LogP contribution in [0.25, 0.3) is 0 Å². The Kier molecular flexibility index (Phi) is 6.04. The van der Waals surface area contributed by atoms with Gasteiger partial charge in [0.2, 0.25) is 11.8 Å². The summed E-state index contributed by atoms with van der Waals surface area (Å²) >= 11 is 0. The van der Waals surface area contributed by atoms with E-state index < -0.39 is 0 Å². The van der Waals surface area contributed by atoms with Crippen LogP contribution in [0.3, 0.4) is 0 Å². The zero-order chi connectivity index (χ0) is 17.6. The molecule has 136 valence electrons. The summed E-state index contributed by atoms with van der Waals surface area (Å²) < 4.78 is 11.1. The highest BCUT2D eigenvalue weighted by atomic mass is 16.5. The van der Waals surface area contributed by atoms with Crippen molar-refractivity contribution in [2.45, 2.75) is 64.3 Å². The Balaban J connectivity index is 1.75. The Morgan fingerprint density at radius 1 is 1.16 bits per heavy atom. The molecule has 1 aliphatic rings. The van der Waals surface area contributed by atoms with Gasteiger partial charge in [-0.1, -0.05) is 19.1 Å². The quantitative estimate of drug-likeness (QED) is 0.832. The minimum atomic E-state index is -0.162. The van der Waals surface area contributed by atoms with Crippen molar-refractivity contribution in [3.05, 3.63) is 41.6 Å². The lowest BCUT2D eigenvalue weighted by atomic mass is 9.91. The lowest BCUT2D eigenvalue weighted by molar-refractivity contribution is 0.0622. The molecular weight excluding hydrogens is 318 g/mol. The van der Waals surface area contributed by atoms with Gasteiger partial charge >= 0.3 is 0 Å². The molecule has 0 spiro atoms. The monoisotopic (exact) mass is 345 g/mol. The molecule has 25 heavy (non-hydrogen) atoms. The maximum atomic E-state index is 9.82. The molecule has 0 unspecified atom stereocenters. The van der Waals surface area contributed by atoms with Crippen molar-refractivity contribution in [1.29, 1.82) is 0 Å². The van der Waals surface area contributed by atoms with Crippen LogP contribution in [0.5, 0.6) is 5.75 Å². The highest BCUT2D eigenvalue weighted by Crippen LogP contribution is 2.26. The topological polar surface area (TPSA) is 71.6 Å². The predicted molar refractivity (Wildman–Crippen MR) is 94.2 cm³/mol. The maximum Gasteiger partial charge on any atom is 0.230 e. The van der Waals surface area contributed by atoms with Crippen LogP contribution in [-0.2, 0) is 19.5 Å². The van der Waals surface area contributed by atoms with Crippen molar-refractivity contribution in [1.82, 2.24) is 15.1 Å². The van der Waals surface area contributed by atoms with E-state index in [9.17, 15) is 5.11 Å².